The van der Waals surface area contributed by atoms with Crippen molar-refractivity contribution in [2.75, 3.05) is 25.5 Å². The van der Waals surface area contributed by atoms with Crippen LogP contribution in [0.25, 0.3) is 0 Å². The Kier molecular flexibility index (Phi) is 8.23. The zero-order chi connectivity index (χ0) is 33.2. The number of nitrogens with one attached hydrogen (secondary N) is 1. The summed E-state index contributed by atoms with van der Waals surface area (Å²) in [7, 11) is -8.24. The monoisotopic (exact) mass is 662 g/mol. The molecule has 4 aromatic rings. The number of piperidine rings is 1. The van der Waals surface area contributed by atoms with Crippen LogP contribution < -0.4 is 14.8 Å². The summed E-state index contributed by atoms with van der Waals surface area (Å²) in [5, 5.41) is 2.57. The van der Waals surface area contributed by atoms with Crippen LogP contribution in [0, 0.1) is 5.92 Å². The number of ketones is 1. The van der Waals surface area contributed by atoms with E-state index in [0.29, 0.717) is 37.2 Å². The van der Waals surface area contributed by atoms with E-state index in [2.05, 4.69) is 15.3 Å². The number of Topliss-reactive ketones (excluding diaryl/α,β-unsaturated/α-hetero) is 1. The number of pyridine rings is 2. The maximum absolute atomic E-state index is 13.0. The van der Waals surface area contributed by atoms with Gasteiger partial charge in [0.05, 0.1) is 24.6 Å². The van der Waals surface area contributed by atoms with Crippen molar-refractivity contribution in [1.82, 2.24) is 14.9 Å². The smallest absolute Gasteiger partial charge is 0.310 e. The Morgan fingerprint density at radius 1 is 0.783 bits per heavy atom. The van der Waals surface area contributed by atoms with Gasteiger partial charge >= 0.3 is 10.2 Å². The predicted molar refractivity (Wildman–Crippen MR) is 160 cm³/mol. The Bertz CT molecular complexity index is 1750. The fraction of sp³-hybridized carbons (Fsp3) is 0.194. The summed E-state index contributed by atoms with van der Waals surface area (Å²) in [5.74, 6) is -0.586. The highest BCUT2D eigenvalue weighted by molar-refractivity contribution is 8.45. The molecule has 1 aliphatic heterocycles. The summed E-state index contributed by atoms with van der Waals surface area (Å²) in [6, 6.07) is 14.5. The maximum Gasteiger partial charge on any atom is 0.310 e. The molecule has 0 spiro atoms. The van der Waals surface area contributed by atoms with Crippen LogP contribution in [0.5, 0.6) is 17.4 Å². The normalized spacial score (nSPS) is 15.3. The molecule has 0 aliphatic carbocycles. The van der Waals surface area contributed by atoms with Crippen LogP contribution >= 0.6 is 10.2 Å². The summed E-state index contributed by atoms with van der Waals surface area (Å²) in [4.78, 5) is 46.2. The molecule has 0 bridgehead atoms. The second-order valence-corrected chi connectivity index (χ2v) is 12.9. The molecule has 46 heavy (non-hydrogen) atoms. The van der Waals surface area contributed by atoms with Gasteiger partial charge in [-0.05, 0) is 79.6 Å². The van der Waals surface area contributed by atoms with Gasteiger partial charge in [0.25, 0.3) is 11.8 Å². The van der Waals surface area contributed by atoms with Gasteiger partial charge in [-0.25, -0.2) is 4.98 Å². The molecule has 1 N–H and O–H groups in total. The molecule has 0 atom stereocenters. The second kappa shape index (κ2) is 11.7. The molecule has 1 fully saturated rings. The molecular formula is C31H27F5N4O5S. The summed E-state index contributed by atoms with van der Waals surface area (Å²) >= 11 is 0. The number of ether oxygens (including phenoxy) is 2. The minimum Gasteiger partial charge on any atom is -0.497 e. The fourth-order valence-corrected chi connectivity index (χ4v) is 5.42. The lowest BCUT2D eigenvalue weighted by atomic mass is 9.88. The molecular weight excluding hydrogens is 635 g/mol. The van der Waals surface area contributed by atoms with E-state index in [-0.39, 0.29) is 58.3 Å². The van der Waals surface area contributed by atoms with Crippen LogP contribution in [0.1, 0.15) is 44.0 Å². The zero-order valence-electron chi connectivity index (χ0n) is 24.2. The van der Waals surface area contributed by atoms with Crippen LogP contribution in [0.3, 0.4) is 0 Å². The fourth-order valence-electron chi connectivity index (χ4n) is 4.77. The van der Waals surface area contributed by atoms with Gasteiger partial charge in [0.2, 0.25) is 5.88 Å². The summed E-state index contributed by atoms with van der Waals surface area (Å²) in [5.41, 5.74) is 1.14. The largest absolute Gasteiger partial charge is 0.497 e. The first-order valence-corrected chi connectivity index (χ1v) is 15.8. The highest BCUT2D eigenvalue weighted by atomic mass is 32.5. The number of benzene rings is 2. The van der Waals surface area contributed by atoms with Crippen LogP contribution in [-0.4, -0.2) is 52.7 Å². The predicted octanol–water partition coefficient (Wildman–Crippen LogP) is 7.92. The number of hydrogen-bond acceptors (Lipinski definition) is 7. The lowest BCUT2D eigenvalue weighted by Crippen LogP contribution is -2.40. The number of methoxy groups -OCH3 is 1. The van der Waals surface area contributed by atoms with Crippen LogP contribution in [0.15, 0.2) is 90.1 Å². The van der Waals surface area contributed by atoms with Gasteiger partial charge in [-0.15, -0.1) is 0 Å². The van der Waals surface area contributed by atoms with E-state index in [0.717, 1.165) is 12.1 Å². The number of carbonyl (C=O) groups excluding carboxylic acids is 3. The van der Waals surface area contributed by atoms with E-state index in [1.54, 1.807) is 36.3 Å². The Labute approximate surface area is 260 Å². The van der Waals surface area contributed by atoms with Gasteiger partial charge in [0, 0.05) is 36.8 Å². The third-order valence-electron chi connectivity index (χ3n) is 7.26. The average molecular weight is 663 g/mol. The molecule has 2 aromatic heterocycles. The third-order valence-corrected chi connectivity index (χ3v) is 8.42. The minimum atomic E-state index is -9.79. The van der Waals surface area contributed by atoms with E-state index >= 15 is 0 Å². The Hall–Kier alpha value is -5.05. The molecule has 0 radical (unpaired) electrons. The lowest BCUT2D eigenvalue weighted by molar-refractivity contribution is 0.0650. The second-order valence-electron chi connectivity index (χ2n) is 10.5. The summed E-state index contributed by atoms with van der Waals surface area (Å²) in [6.07, 6.45) is 3.55. The van der Waals surface area contributed by atoms with Crippen LogP contribution in [-0.2, 0) is 0 Å². The molecule has 1 aliphatic rings. The molecule has 15 heteroatoms. The number of nitrogens with zero attached hydrogens (tertiary/aromatic N) is 3. The molecule has 1 saturated heterocycles. The Morgan fingerprint density at radius 2 is 1.41 bits per heavy atom. The SMILES string of the molecule is COc1ccc(C(=O)C2CCN(C(=O)c3ccc(C(=O)Nc4ccc(Oc5ccc(S(F)(F)(F)(F)F)cc5)nc4)nc3)CC2)cc1. The molecule has 0 unspecified atom stereocenters. The molecule has 2 aromatic carbocycles. The van der Waals surface area contributed by atoms with Gasteiger partial charge < -0.3 is 19.7 Å². The van der Waals surface area contributed by atoms with Gasteiger partial charge in [-0.2, -0.15) is 0 Å². The molecule has 0 saturated carbocycles. The maximum atomic E-state index is 13.0. The van der Waals surface area contributed by atoms with Crippen LogP contribution in [0.4, 0.5) is 25.1 Å². The van der Waals surface area contributed by atoms with E-state index in [1.807, 2.05) is 0 Å². The van der Waals surface area contributed by atoms with E-state index in [9.17, 15) is 33.8 Å². The summed E-state index contributed by atoms with van der Waals surface area (Å²) < 4.78 is 74.8. The van der Waals surface area contributed by atoms with Crippen molar-refractivity contribution in [3.63, 3.8) is 0 Å². The molecule has 242 valence electrons. The minimum absolute atomic E-state index is 0.0183. The number of anilines is 1. The number of hydrogen-bond donors (Lipinski definition) is 1. The van der Waals surface area contributed by atoms with Crippen molar-refractivity contribution in [1.29, 1.82) is 0 Å². The van der Waals surface area contributed by atoms with E-state index < -0.39 is 21.0 Å². The molecule has 9 nitrogen and oxygen atoms in total. The highest BCUT2D eigenvalue weighted by Gasteiger charge is 2.65. The lowest BCUT2D eigenvalue weighted by Gasteiger charge is -2.40. The quantitative estimate of drug-likeness (QED) is 0.143. The number of halogens is 5. The average Bonchev–Trinajstić information content (AvgIpc) is 3.04. The first-order chi connectivity index (χ1) is 21.6. The topological polar surface area (TPSA) is 111 Å². The number of likely N-dealkylation sites (tertiary alicyclic amines) is 1. The summed E-state index contributed by atoms with van der Waals surface area (Å²) in [6.45, 7) is 0.798. The Morgan fingerprint density at radius 3 is 1.96 bits per heavy atom. The van der Waals surface area contributed by atoms with Crippen molar-refractivity contribution in [2.24, 2.45) is 5.92 Å². The number of carbonyl (C=O) groups is 3. The van der Waals surface area contributed by atoms with Gasteiger partial charge in [0.15, 0.2) is 5.78 Å². The van der Waals surface area contributed by atoms with Crippen molar-refractivity contribution in [2.45, 2.75) is 17.7 Å². The first kappa shape index (κ1) is 32.3. The number of aromatic nitrogens is 2. The zero-order valence-corrected chi connectivity index (χ0v) is 25.0. The van der Waals surface area contributed by atoms with Crippen LogP contribution in [0.2, 0.25) is 0 Å². The first-order valence-electron chi connectivity index (χ1n) is 13.8. The molecule has 3 heterocycles. The van der Waals surface area contributed by atoms with Crippen molar-refractivity contribution in [3.8, 4) is 17.4 Å². The molecule has 5 rings (SSSR count). The third kappa shape index (κ3) is 7.77. The number of rotatable bonds is 9. The van der Waals surface area contributed by atoms with E-state index in [1.165, 1.54) is 36.7 Å². The van der Waals surface area contributed by atoms with Gasteiger partial charge in [-0.3, -0.25) is 19.4 Å². The standard InChI is InChI=1S/C31H27F5N4O5S/c1-44-24-6-2-20(3-7-24)29(41)21-14-16-40(17-15-21)31(43)22-4-12-27(37-18-22)30(42)39-23-5-13-28(38-19-23)45-25-8-10-26(11-9-25)46(32,33,34,35)36/h2-13,18-19,21H,14-17H2,1H3,(H,39,42). The van der Waals surface area contributed by atoms with Crippen molar-refractivity contribution >= 4 is 33.5 Å². The highest BCUT2D eigenvalue weighted by Crippen LogP contribution is 3.02. The van der Waals surface area contributed by atoms with Gasteiger partial charge in [0.1, 0.15) is 22.1 Å². The van der Waals surface area contributed by atoms with Gasteiger partial charge in [-0.1, -0.05) is 19.4 Å². The molecule has 2 amide bonds. The van der Waals surface area contributed by atoms with Crippen molar-refractivity contribution < 1.29 is 43.3 Å². The van der Waals surface area contributed by atoms with Crippen molar-refractivity contribution in [3.05, 3.63) is 102 Å². The van der Waals surface area contributed by atoms with E-state index in [4.69, 9.17) is 9.47 Å². The number of amides is 2. The Balaban J connectivity index is 1.12.